The lowest BCUT2D eigenvalue weighted by Gasteiger charge is -2.18. The van der Waals surface area contributed by atoms with Gasteiger partial charge in [-0.05, 0) is 48.9 Å². The highest BCUT2D eigenvalue weighted by atomic mass is 79.9. The zero-order valence-corrected chi connectivity index (χ0v) is 10.4. The summed E-state index contributed by atoms with van der Waals surface area (Å²) in [5.41, 5.74) is 4.30. The quantitative estimate of drug-likeness (QED) is 0.727. The third-order valence-corrected chi connectivity index (χ3v) is 3.95. The van der Waals surface area contributed by atoms with Crippen LogP contribution in [0.1, 0.15) is 36.9 Å². The molecule has 1 N–H and O–H groups in total. The summed E-state index contributed by atoms with van der Waals surface area (Å²) in [6.45, 7) is 2.32. The minimum Gasteiger partial charge on any atom is -0.358 e. The van der Waals surface area contributed by atoms with E-state index in [-0.39, 0.29) is 0 Å². The van der Waals surface area contributed by atoms with Gasteiger partial charge in [-0.15, -0.1) is 0 Å². The molecule has 0 amide bonds. The summed E-state index contributed by atoms with van der Waals surface area (Å²) in [7, 11) is 0. The van der Waals surface area contributed by atoms with E-state index in [4.69, 9.17) is 0 Å². The SMILES string of the molecule is CC1CCCc2c1[nH]c1ccc(Br)cc21. The molecule has 2 aromatic rings. The number of halogens is 1. The summed E-state index contributed by atoms with van der Waals surface area (Å²) in [5, 5.41) is 1.41. The maximum absolute atomic E-state index is 3.57. The Morgan fingerprint density at radius 2 is 2.27 bits per heavy atom. The summed E-state index contributed by atoms with van der Waals surface area (Å²) in [6.07, 6.45) is 3.88. The van der Waals surface area contributed by atoms with E-state index in [1.165, 1.54) is 40.3 Å². The number of hydrogen-bond donors (Lipinski definition) is 1. The van der Waals surface area contributed by atoms with Gasteiger partial charge in [0.1, 0.15) is 0 Å². The molecule has 1 aromatic carbocycles. The van der Waals surface area contributed by atoms with Gasteiger partial charge in [-0.1, -0.05) is 22.9 Å². The van der Waals surface area contributed by atoms with Crippen molar-refractivity contribution < 1.29 is 0 Å². The highest BCUT2D eigenvalue weighted by Crippen LogP contribution is 2.36. The summed E-state index contributed by atoms with van der Waals surface area (Å²) >= 11 is 3.55. The van der Waals surface area contributed by atoms with E-state index < -0.39 is 0 Å². The van der Waals surface area contributed by atoms with Crippen LogP contribution in [0.3, 0.4) is 0 Å². The van der Waals surface area contributed by atoms with E-state index in [1.54, 1.807) is 5.56 Å². The Balaban J connectivity index is 2.31. The summed E-state index contributed by atoms with van der Waals surface area (Å²) in [5.74, 6) is 0.694. The van der Waals surface area contributed by atoms with Crippen molar-refractivity contribution in [1.82, 2.24) is 4.98 Å². The highest BCUT2D eigenvalue weighted by Gasteiger charge is 2.20. The lowest BCUT2D eigenvalue weighted by Crippen LogP contribution is -2.05. The van der Waals surface area contributed by atoms with Gasteiger partial charge < -0.3 is 4.98 Å². The van der Waals surface area contributed by atoms with Gasteiger partial charge in [0, 0.05) is 21.1 Å². The second-order valence-electron chi connectivity index (χ2n) is 4.50. The number of aryl methyl sites for hydroxylation is 1. The van der Waals surface area contributed by atoms with Gasteiger partial charge in [-0.25, -0.2) is 0 Å². The Hall–Kier alpha value is -0.760. The molecule has 1 aliphatic carbocycles. The lowest BCUT2D eigenvalue weighted by atomic mass is 9.88. The fourth-order valence-electron chi connectivity index (χ4n) is 2.66. The Morgan fingerprint density at radius 3 is 3.13 bits per heavy atom. The molecular formula is C13H14BrN. The van der Waals surface area contributed by atoms with Gasteiger partial charge in [0.05, 0.1) is 0 Å². The van der Waals surface area contributed by atoms with Gasteiger partial charge in [0.2, 0.25) is 0 Å². The molecule has 2 heteroatoms. The Labute approximate surface area is 98.0 Å². The first kappa shape index (κ1) is 9.46. The van der Waals surface area contributed by atoms with Crippen molar-refractivity contribution in [1.29, 1.82) is 0 Å². The monoisotopic (exact) mass is 263 g/mol. The number of rotatable bonds is 0. The first-order valence-electron chi connectivity index (χ1n) is 5.55. The molecule has 1 heterocycles. The van der Waals surface area contributed by atoms with Crippen molar-refractivity contribution in [3.63, 3.8) is 0 Å². The Bertz CT molecular complexity index is 512. The zero-order valence-electron chi connectivity index (χ0n) is 8.81. The van der Waals surface area contributed by atoms with Gasteiger partial charge in [0.25, 0.3) is 0 Å². The summed E-state index contributed by atoms with van der Waals surface area (Å²) in [6, 6.07) is 6.52. The third-order valence-electron chi connectivity index (χ3n) is 3.46. The molecule has 0 saturated heterocycles. The minimum atomic E-state index is 0.694. The van der Waals surface area contributed by atoms with E-state index in [1.807, 2.05) is 0 Å². The van der Waals surface area contributed by atoms with Crippen LogP contribution in [-0.2, 0) is 6.42 Å². The maximum Gasteiger partial charge on any atom is 0.0459 e. The van der Waals surface area contributed by atoms with Crippen molar-refractivity contribution in [3.8, 4) is 0 Å². The van der Waals surface area contributed by atoms with Crippen molar-refractivity contribution in [2.75, 3.05) is 0 Å². The van der Waals surface area contributed by atoms with Crippen molar-refractivity contribution in [3.05, 3.63) is 33.9 Å². The molecule has 0 aliphatic heterocycles. The predicted molar refractivity (Wildman–Crippen MR) is 67.4 cm³/mol. The normalized spacial score (nSPS) is 20.5. The van der Waals surface area contributed by atoms with Crippen molar-refractivity contribution in [2.45, 2.75) is 32.1 Å². The summed E-state index contributed by atoms with van der Waals surface area (Å²) < 4.78 is 1.18. The van der Waals surface area contributed by atoms with Gasteiger partial charge in [-0.2, -0.15) is 0 Å². The largest absolute Gasteiger partial charge is 0.358 e. The zero-order chi connectivity index (χ0) is 10.4. The van der Waals surface area contributed by atoms with Crippen LogP contribution >= 0.6 is 15.9 Å². The van der Waals surface area contributed by atoms with E-state index in [9.17, 15) is 0 Å². The first-order chi connectivity index (χ1) is 7.25. The topological polar surface area (TPSA) is 15.8 Å². The Kier molecular flexibility index (Phi) is 2.13. The second-order valence-corrected chi connectivity index (χ2v) is 5.42. The van der Waals surface area contributed by atoms with Crippen LogP contribution in [0.5, 0.6) is 0 Å². The molecule has 15 heavy (non-hydrogen) atoms. The molecule has 0 radical (unpaired) electrons. The number of fused-ring (bicyclic) bond motifs is 3. The fourth-order valence-corrected chi connectivity index (χ4v) is 3.02. The molecule has 0 fully saturated rings. The molecule has 0 spiro atoms. The van der Waals surface area contributed by atoms with Crippen LogP contribution < -0.4 is 0 Å². The molecule has 1 atom stereocenters. The van der Waals surface area contributed by atoms with E-state index >= 15 is 0 Å². The van der Waals surface area contributed by atoms with Crippen LogP contribution in [0.25, 0.3) is 10.9 Å². The van der Waals surface area contributed by atoms with Crippen LogP contribution in [0.4, 0.5) is 0 Å². The molecule has 0 bridgehead atoms. The van der Waals surface area contributed by atoms with E-state index in [0.29, 0.717) is 5.92 Å². The molecule has 1 nitrogen and oxygen atoms in total. The fraction of sp³-hybridized carbons (Fsp3) is 0.385. The van der Waals surface area contributed by atoms with E-state index in [2.05, 4.69) is 46.0 Å². The van der Waals surface area contributed by atoms with Crippen LogP contribution in [-0.4, -0.2) is 4.98 Å². The van der Waals surface area contributed by atoms with Gasteiger partial charge in [0.15, 0.2) is 0 Å². The predicted octanol–water partition coefficient (Wildman–Crippen LogP) is 4.37. The van der Waals surface area contributed by atoms with Crippen molar-refractivity contribution in [2.24, 2.45) is 0 Å². The van der Waals surface area contributed by atoms with E-state index in [0.717, 1.165) is 0 Å². The van der Waals surface area contributed by atoms with Crippen LogP contribution in [0.15, 0.2) is 22.7 Å². The first-order valence-corrected chi connectivity index (χ1v) is 6.35. The lowest BCUT2D eigenvalue weighted by molar-refractivity contribution is 0.582. The smallest absolute Gasteiger partial charge is 0.0459 e. The van der Waals surface area contributed by atoms with Gasteiger partial charge >= 0.3 is 0 Å². The number of nitrogens with one attached hydrogen (secondary N) is 1. The summed E-state index contributed by atoms with van der Waals surface area (Å²) in [4.78, 5) is 3.57. The minimum absolute atomic E-state index is 0.694. The average molecular weight is 264 g/mol. The standard InChI is InChI=1S/C13H14BrN/c1-8-3-2-4-10-11-7-9(14)5-6-12(11)15-13(8)10/h5-8,15H,2-4H2,1H3. The number of H-pyrrole nitrogens is 1. The Morgan fingerprint density at radius 1 is 1.40 bits per heavy atom. The molecule has 1 aromatic heterocycles. The average Bonchev–Trinajstić information content (AvgIpc) is 2.58. The number of aromatic amines is 1. The number of benzene rings is 1. The van der Waals surface area contributed by atoms with Crippen molar-refractivity contribution >= 4 is 26.8 Å². The third kappa shape index (κ3) is 1.43. The van der Waals surface area contributed by atoms with Gasteiger partial charge in [-0.3, -0.25) is 0 Å². The molecule has 0 saturated carbocycles. The molecule has 1 unspecified atom stereocenters. The number of hydrogen-bond acceptors (Lipinski definition) is 0. The highest BCUT2D eigenvalue weighted by molar-refractivity contribution is 9.10. The second kappa shape index (κ2) is 3.38. The maximum atomic E-state index is 3.57. The van der Waals surface area contributed by atoms with Crippen LogP contribution in [0.2, 0.25) is 0 Å². The van der Waals surface area contributed by atoms with Crippen LogP contribution in [0, 0.1) is 0 Å². The molecule has 3 rings (SSSR count). The molecular weight excluding hydrogens is 250 g/mol. The number of aromatic nitrogens is 1. The molecule has 1 aliphatic rings. The molecule has 78 valence electrons.